The molecule has 6 nitrogen and oxygen atoms in total. The molecule has 0 aliphatic carbocycles. The van der Waals surface area contributed by atoms with Crippen LogP contribution in [0.5, 0.6) is 5.75 Å². The number of carbonyl (C=O) groups is 1. The van der Waals surface area contributed by atoms with Gasteiger partial charge >= 0.3 is 0 Å². The molecule has 26 heavy (non-hydrogen) atoms. The second-order valence-electron chi connectivity index (χ2n) is 6.16. The monoisotopic (exact) mass is 376 g/mol. The normalized spacial score (nSPS) is 11.2. The predicted molar refractivity (Wildman–Crippen MR) is 104 cm³/mol. The van der Waals surface area contributed by atoms with Gasteiger partial charge in [0.1, 0.15) is 5.75 Å². The molecule has 140 valence electrons. The van der Waals surface area contributed by atoms with Gasteiger partial charge in [0.15, 0.2) is 0 Å². The molecule has 7 heteroatoms. The van der Waals surface area contributed by atoms with Crippen molar-refractivity contribution in [3.8, 4) is 5.75 Å². The molecular formula is C19H24N2O4S. The Labute approximate surface area is 154 Å². The lowest BCUT2D eigenvalue weighted by molar-refractivity contribution is -0.116. The summed E-state index contributed by atoms with van der Waals surface area (Å²) in [4.78, 5) is 12.1. The highest BCUT2D eigenvalue weighted by molar-refractivity contribution is 7.92. The van der Waals surface area contributed by atoms with Crippen LogP contribution < -0.4 is 14.4 Å². The number of anilines is 2. The van der Waals surface area contributed by atoms with Crippen LogP contribution in [0.3, 0.4) is 0 Å². The average molecular weight is 376 g/mol. The first-order valence-electron chi connectivity index (χ1n) is 8.35. The van der Waals surface area contributed by atoms with E-state index in [-0.39, 0.29) is 25.0 Å². The average Bonchev–Trinajstić information content (AvgIpc) is 2.55. The molecule has 2 aromatic rings. The van der Waals surface area contributed by atoms with Gasteiger partial charge in [-0.1, -0.05) is 18.2 Å². The molecule has 0 fully saturated rings. The van der Waals surface area contributed by atoms with Crippen molar-refractivity contribution in [1.82, 2.24) is 0 Å². The van der Waals surface area contributed by atoms with Crippen LogP contribution in [0.15, 0.2) is 54.6 Å². The number of nitrogens with one attached hydrogen (secondary N) is 1. The Morgan fingerprint density at radius 2 is 1.69 bits per heavy atom. The molecule has 0 bridgehead atoms. The predicted octanol–water partition coefficient (Wildman–Crippen LogP) is 3.27. The Balaban J connectivity index is 2.05. The molecule has 0 unspecified atom stereocenters. The maximum absolute atomic E-state index is 12.1. The van der Waals surface area contributed by atoms with E-state index in [1.807, 2.05) is 32.0 Å². The van der Waals surface area contributed by atoms with Crippen molar-refractivity contribution >= 4 is 27.3 Å². The first kappa shape index (κ1) is 19.8. The molecule has 0 saturated heterocycles. The van der Waals surface area contributed by atoms with Gasteiger partial charge in [-0.25, -0.2) is 8.42 Å². The van der Waals surface area contributed by atoms with Gasteiger partial charge in [0.25, 0.3) is 0 Å². The summed E-state index contributed by atoms with van der Waals surface area (Å²) in [5.41, 5.74) is 1.18. The number of carbonyl (C=O) groups excluding carboxylic acids is 1. The fourth-order valence-corrected chi connectivity index (χ4v) is 3.33. The Hall–Kier alpha value is -2.54. The van der Waals surface area contributed by atoms with E-state index >= 15 is 0 Å². The lowest BCUT2D eigenvalue weighted by Crippen LogP contribution is -2.33. The van der Waals surface area contributed by atoms with Gasteiger partial charge in [-0.05, 0) is 50.2 Å². The van der Waals surface area contributed by atoms with Crippen LogP contribution >= 0.6 is 0 Å². The van der Waals surface area contributed by atoms with Crippen molar-refractivity contribution in [2.45, 2.75) is 26.4 Å². The van der Waals surface area contributed by atoms with Gasteiger partial charge in [-0.15, -0.1) is 0 Å². The highest BCUT2D eigenvalue weighted by atomic mass is 32.2. The molecule has 0 heterocycles. The summed E-state index contributed by atoms with van der Waals surface area (Å²) >= 11 is 0. The molecule has 2 rings (SSSR count). The molecular weight excluding hydrogens is 352 g/mol. The van der Waals surface area contributed by atoms with Crippen molar-refractivity contribution in [2.24, 2.45) is 0 Å². The van der Waals surface area contributed by atoms with Gasteiger partial charge in [0, 0.05) is 18.7 Å². The molecule has 0 aromatic heterocycles. The lowest BCUT2D eigenvalue weighted by atomic mass is 10.2. The summed E-state index contributed by atoms with van der Waals surface area (Å²) in [6.45, 7) is 3.89. The minimum absolute atomic E-state index is 0.0357. The fraction of sp³-hybridized carbons (Fsp3) is 0.316. The van der Waals surface area contributed by atoms with Crippen molar-refractivity contribution in [3.63, 3.8) is 0 Å². The first-order chi connectivity index (χ1) is 12.3. The number of sulfonamides is 1. The summed E-state index contributed by atoms with van der Waals surface area (Å²) in [7, 11) is -3.51. The van der Waals surface area contributed by atoms with Crippen LogP contribution in [0.2, 0.25) is 0 Å². The maximum Gasteiger partial charge on any atom is 0.232 e. The van der Waals surface area contributed by atoms with E-state index < -0.39 is 10.0 Å². The molecule has 0 aliphatic heterocycles. The van der Waals surface area contributed by atoms with Crippen molar-refractivity contribution < 1.29 is 17.9 Å². The van der Waals surface area contributed by atoms with Crippen molar-refractivity contribution in [1.29, 1.82) is 0 Å². The van der Waals surface area contributed by atoms with Gasteiger partial charge < -0.3 is 10.1 Å². The maximum atomic E-state index is 12.1. The second-order valence-corrected chi connectivity index (χ2v) is 8.07. The zero-order chi connectivity index (χ0) is 19.2. The summed E-state index contributed by atoms with van der Waals surface area (Å²) in [5.74, 6) is 0.420. The summed E-state index contributed by atoms with van der Waals surface area (Å²) in [6.07, 6.45) is 1.21. The van der Waals surface area contributed by atoms with Crippen LogP contribution in [-0.4, -0.2) is 33.2 Å². The van der Waals surface area contributed by atoms with E-state index in [4.69, 9.17) is 4.74 Å². The number of amides is 1. The van der Waals surface area contributed by atoms with E-state index in [1.165, 1.54) is 4.31 Å². The minimum Gasteiger partial charge on any atom is -0.491 e. The Bertz CT molecular complexity index is 818. The SMILES string of the molecule is CC(C)Oc1ccc(N(CCC(=O)Nc2ccccc2)S(C)(=O)=O)cc1. The van der Waals surface area contributed by atoms with Crippen LogP contribution in [0.25, 0.3) is 0 Å². The highest BCUT2D eigenvalue weighted by Crippen LogP contribution is 2.22. The Morgan fingerprint density at radius 3 is 2.23 bits per heavy atom. The third-order valence-corrected chi connectivity index (χ3v) is 4.69. The van der Waals surface area contributed by atoms with Crippen LogP contribution in [0.4, 0.5) is 11.4 Å². The van der Waals surface area contributed by atoms with Gasteiger partial charge in [-0.2, -0.15) is 0 Å². The molecule has 0 saturated carbocycles. The van der Waals surface area contributed by atoms with Crippen molar-refractivity contribution in [2.75, 3.05) is 22.4 Å². The number of nitrogens with zero attached hydrogens (tertiary/aromatic N) is 1. The van der Waals surface area contributed by atoms with Gasteiger partial charge in [0.05, 0.1) is 18.0 Å². The van der Waals surface area contributed by atoms with Crippen LogP contribution in [0, 0.1) is 0 Å². The third kappa shape index (κ3) is 6.07. The third-order valence-electron chi connectivity index (χ3n) is 3.50. The Kier molecular flexibility index (Phi) is 6.63. The topological polar surface area (TPSA) is 75.7 Å². The summed E-state index contributed by atoms with van der Waals surface area (Å²) < 4.78 is 31.0. The molecule has 0 atom stereocenters. The molecule has 0 aliphatic rings. The van der Waals surface area contributed by atoms with Crippen molar-refractivity contribution in [3.05, 3.63) is 54.6 Å². The number of benzene rings is 2. The zero-order valence-corrected chi connectivity index (χ0v) is 16.0. The van der Waals surface area contributed by atoms with E-state index in [0.29, 0.717) is 17.1 Å². The standard InChI is InChI=1S/C19H24N2O4S/c1-15(2)25-18-11-9-17(10-12-18)21(26(3,23)24)14-13-19(22)20-16-7-5-4-6-8-16/h4-12,15H,13-14H2,1-3H3,(H,20,22). The molecule has 1 N–H and O–H groups in total. The summed E-state index contributed by atoms with van der Waals surface area (Å²) in [6, 6.07) is 15.8. The number of para-hydroxylation sites is 1. The smallest absolute Gasteiger partial charge is 0.232 e. The number of hydrogen-bond acceptors (Lipinski definition) is 4. The van der Waals surface area contributed by atoms with E-state index in [2.05, 4.69) is 5.32 Å². The first-order valence-corrected chi connectivity index (χ1v) is 10.2. The largest absolute Gasteiger partial charge is 0.491 e. The number of ether oxygens (including phenoxy) is 1. The van der Waals surface area contributed by atoms with Gasteiger partial charge in [0.2, 0.25) is 15.9 Å². The van der Waals surface area contributed by atoms with E-state index in [1.54, 1.807) is 36.4 Å². The molecule has 0 spiro atoms. The molecule has 0 radical (unpaired) electrons. The van der Waals surface area contributed by atoms with E-state index in [9.17, 15) is 13.2 Å². The lowest BCUT2D eigenvalue weighted by Gasteiger charge is -2.22. The number of hydrogen-bond donors (Lipinski definition) is 1. The minimum atomic E-state index is -3.51. The number of rotatable bonds is 8. The van der Waals surface area contributed by atoms with Crippen LogP contribution in [-0.2, 0) is 14.8 Å². The molecule has 1 amide bonds. The molecule has 2 aromatic carbocycles. The van der Waals surface area contributed by atoms with E-state index in [0.717, 1.165) is 6.26 Å². The summed E-state index contributed by atoms with van der Waals surface area (Å²) in [5, 5.41) is 2.75. The second kappa shape index (κ2) is 8.71. The Morgan fingerprint density at radius 1 is 1.08 bits per heavy atom. The fourth-order valence-electron chi connectivity index (χ4n) is 2.40. The zero-order valence-electron chi connectivity index (χ0n) is 15.2. The highest BCUT2D eigenvalue weighted by Gasteiger charge is 2.19. The van der Waals surface area contributed by atoms with Gasteiger partial charge in [-0.3, -0.25) is 9.10 Å². The quantitative estimate of drug-likeness (QED) is 0.767. The van der Waals surface area contributed by atoms with Crippen LogP contribution in [0.1, 0.15) is 20.3 Å².